The van der Waals surface area contributed by atoms with Gasteiger partial charge in [-0.3, -0.25) is 0 Å². The Bertz CT molecular complexity index is 804. The second-order valence-corrected chi connectivity index (χ2v) is 5.93. The van der Waals surface area contributed by atoms with Gasteiger partial charge in [0.25, 0.3) is 0 Å². The van der Waals surface area contributed by atoms with Crippen molar-refractivity contribution in [2.75, 3.05) is 5.32 Å². The van der Waals surface area contributed by atoms with Gasteiger partial charge in [-0.2, -0.15) is 0 Å². The normalized spacial score (nSPS) is 11.0. The second-order valence-electron chi connectivity index (χ2n) is 3.98. The van der Waals surface area contributed by atoms with E-state index in [1.165, 1.54) is 11.3 Å². The molecule has 0 amide bonds. The van der Waals surface area contributed by atoms with Crippen molar-refractivity contribution in [3.05, 3.63) is 52.3 Å². The summed E-state index contributed by atoms with van der Waals surface area (Å²) in [6.45, 7) is 0. The first-order valence-electron chi connectivity index (χ1n) is 5.51. The lowest BCUT2D eigenvalue weighted by atomic mass is 10.3. The zero-order valence-electron chi connectivity index (χ0n) is 9.75. The van der Waals surface area contributed by atoms with Crippen LogP contribution in [-0.4, -0.2) is 4.98 Å². The van der Waals surface area contributed by atoms with E-state index < -0.39 is 17.5 Å². The van der Waals surface area contributed by atoms with E-state index in [-0.39, 0.29) is 5.69 Å². The smallest absolute Gasteiger partial charge is 0.196 e. The minimum atomic E-state index is -1.50. The number of fused-ring (bicyclic) bond motifs is 1. The van der Waals surface area contributed by atoms with Gasteiger partial charge in [-0.05, 0) is 30.3 Å². The zero-order chi connectivity index (χ0) is 14.3. The molecular weight excluding hydrogens is 353 g/mol. The molecule has 102 valence electrons. The van der Waals surface area contributed by atoms with E-state index in [0.717, 1.165) is 26.8 Å². The minimum Gasteiger partial charge on any atom is -0.329 e. The van der Waals surface area contributed by atoms with E-state index in [0.29, 0.717) is 5.13 Å². The third-order valence-electron chi connectivity index (χ3n) is 2.63. The molecule has 0 aliphatic rings. The molecule has 3 aromatic rings. The Morgan fingerprint density at radius 3 is 2.65 bits per heavy atom. The molecule has 0 spiro atoms. The highest BCUT2D eigenvalue weighted by molar-refractivity contribution is 9.10. The third kappa shape index (κ3) is 2.38. The van der Waals surface area contributed by atoms with Crippen LogP contribution in [0.5, 0.6) is 0 Å². The van der Waals surface area contributed by atoms with Gasteiger partial charge in [-0.25, -0.2) is 18.2 Å². The van der Waals surface area contributed by atoms with Gasteiger partial charge in [0, 0.05) is 4.47 Å². The van der Waals surface area contributed by atoms with Crippen molar-refractivity contribution in [1.82, 2.24) is 4.98 Å². The number of rotatable bonds is 2. The first-order valence-corrected chi connectivity index (χ1v) is 7.12. The number of aromatic nitrogens is 1. The van der Waals surface area contributed by atoms with E-state index in [1.54, 1.807) is 0 Å². The number of benzene rings is 2. The number of nitrogens with one attached hydrogen (secondary N) is 1. The first kappa shape index (κ1) is 13.4. The molecule has 0 saturated carbocycles. The van der Waals surface area contributed by atoms with Gasteiger partial charge in [-0.1, -0.05) is 27.3 Å². The Hall–Kier alpha value is -1.60. The highest BCUT2D eigenvalue weighted by atomic mass is 79.9. The van der Waals surface area contributed by atoms with Gasteiger partial charge in [-0.15, -0.1) is 0 Å². The minimum absolute atomic E-state index is 0.151. The van der Waals surface area contributed by atoms with Crippen molar-refractivity contribution in [2.24, 2.45) is 0 Å². The number of halogens is 4. The van der Waals surface area contributed by atoms with Crippen LogP contribution in [0.15, 0.2) is 34.8 Å². The van der Waals surface area contributed by atoms with Crippen LogP contribution >= 0.6 is 27.3 Å². The molecule has 7 heteroatoms. The summed E-state index contributed by atoms with van der Waals surface area (Å²) in [4.78, 5) is 4.26. The second kappa shape index (κ2) is 5.06. The van der Waals surface area contributed by atoms with Gasteiger partial charge < -0.3 is 5.32 Å². The molecule has 0 aliphatic heterocycles. The van der Waals surface area contributed by atoms with Gasteiger partial charge in [0.1, 0.15) is 0 Å². The van der Waals surface area contributed by atoms with Crippen LogP contribution in [0.4, 0.5) is 24.0 Å². The Balaban J connectivity index is 1.99. The predicted molar refractivity (Wildman–Crippen MR) is 76.9 cm³/mol. The fraction of sp³-hybridized carbons (Fsp3) is 0. The van der Waals surface area contributed by atoms with Crippen LogP contribution in [0.3, 0.4) is 0 Å². The van der Waals surface area contributed by atoms with Gasteiger partial charge in [0.15, 0.2) is 22.6 Å². The number of nitrogens with zero attached hydrogens (tertiary/aromatic N) is 1. The average Bonchev–Trinajstić information content (AvgIpc) is 2.81. The summed E-state index contributed by atoms with van der Waals surface area (Å²) >= 11 is 4.62. The number of thiazole rings is 1. The van der Waals surface area contributed by atoms with Gasteiger partial charge in [0.2, 0.25) is 0 Å². The highest BCUT2D eigenvalue weighted by Crippen LogP contribution is 2.31. The van der Waals surface area contributed by atoms with E-state index in [9.17, 15) is 13.2 Å². The van der Waals surface area contributed by atoms with Crippen LogP contribution in [0.25, 0.3) is 10.2 Å². The fourth-order valence-electron chi connectivity index (χ4n) is 1.69. The molecule has 2 aromatic carbocycles. The van der Waals surface area contributed by atoms with Crippen molar-refractivity contribution in [3.63, 3.8) is 0 Å². The average molecular weight is 359 g/mol. The highest BCUT2D eigenvalue weighted by Gasteiger charge is 2.14. The van der Waals surface area contributed by atoms with Crippen molar-refractivity contribution in [1.29, 1.82) is 0 Å². The summed E-state index contributed by atoms with van der Waals surface area (Å²) in [5, 5.41) is 3.07. The van der Waals surface area contributed by atoms with Crippen LogP contribution in [0.2, 0.25) is 0 Å². The maximum absolute atomic E-state index is 13.6. The summed E-state index contributed by atoms with van der Waals surface area (Å²) in [5.41, 5.74) is 0.580. The molecule has 0 unspecified atom stereocenters. The molecule has 0 radical (unpaired) electrons. The number of hydrogen-bond acceptors (Lipinski definition) is 3. The molecule has 2 nitrogen and oxygen atoms in total. The van der Waals surface area contributed by atoms with E-state index >= 15 is 0 Å². The van der Waals surface area contributed by atoms with Crippen molar-refractivity contribution < 1.29 is 13.2 Å². The van der Waals surface area contributed by atoms with Gasteiger partial charge in [0.05, 0.1) is 15.9 Å². The van der Waals surface area contributed by atoms with Crippen LogP contribution in [0.1, 0.15) is 0 Å². The molecule has 0 saturated heterocycles. The van der Waals surface area contributed by atoms with E-state index in [2.05, 4.69) is 26.2 Å². The lowest BCUT2D eigenvalue weighted by Gasteiger charge is -2.04. The summed E-state index contributed by atoms with van der Waals surface area (Å²) in [6, 6.07) is 7.55. The fourth-order valence-corrected chi connectivity index (χ4v) is 2.90. The van der Waals surface area contributed by atoms with Crippen molar-refractivity contribution in [3.8, 4) is 0 Å². The Labute approximate surface area is 124 Å². The number of hydrogen-bond donors (Lipinski definition) is 1. The summed E-state index contributed by atoms with van der Waals surface area (Å²) in [7, 11) is 0. The largest absolute Gasteiger partial charge is 0.329 e. The zero-order valence-corrected chi connectivity index (χ0v) is 12.2. The third-order valence-corrected chi connectivity index (χ3v) is 4.07. The molecule has 20 heavy (non-hydrogen) atoms. The standard InChI is InChI=1S/C13H6BrF3N2S/c14-6-1-4-10-9(5-6)19-13(20-10)18-8-3-2-7(15)11(16)12(8)17/h1-5H,(H,18,19). The molecule has 0 aliphatic carbocycles. The predicted octanol–water partition coefficient (Wildman–Crippen LogP) is 5.22. The van der Waals surface area contributed by atoms with Crippen molar-refractivity contribution >= 4 is 48.3 Å². The molecule has 0 bridgehead atoms. The molecule has 1 aromatic heterocycles. The molecular formula is C13H6BrF3N2S. The lowest BCUT2D eigenvalue weighted by molar-refractivity contribution is 0.449. The summed E-state index contributed by atoms with van der Waals surface area (Å²) < 4.78 is 41.3. The van der Waals surface area contributed by atoms with Crippen molar-refractivity contribution in [2.45, 2.75) is 0 Å². The van der Waals surface area contributed by atoms with Crippen LogP contribution in [-0.2, 0) is 0 Å². The Morgan fingerprint density at radius 2 is 1.85 bits per heavy atom. The Kier molecular flexibility index (Phi) is 3.39. The topological polar surface area (TPSA) is 24.9 Å². The SMILES string of the molecule is Fc1ccc(Nc2nc3cc(Br)ccc3s2)c(F)c1F. The molecule has 0 atom stereocenters. The van der Waals surface area contributed by atoms with Crippen LogP contribution < -0.4 is 5.32 Å². The molecule has 0 fully saturated rings. The summed E-state index contributed by atoms with van der Waals surface area (Å²) in [6.07, 6.45) is 0. The number of anilines is 2. The van der Waals surface area contributed by atoms with E-state index in [1.807, 2.05) is 18.2 Å². The summed E-state index contributed by atoms with van der Waals surface area (Å²) in [5.74, 6) is -3.98. The molecule has 1 heterocycles. The molecule has 3 rings (SSSR count). The monoisotopic (exact) mass is 358 g/mol. The van der Waals surface area contributed by atoms with Gasteiger partial charge >= 0.3 is 0 Å². The van der Waals surface area contributed by atoms with Crippen LogP contribution in [0, 0.1) is 17.5 Å². The molecule has 1 N–H and O–H groups in total. The Morgan fingerprint density at radius 1 is 1.05 bits per heavy atom. The van der Waals surface area contributed by atoms with E-state index in [4.69, 9.17) is 0 Å². The quantitative estimate of drug-likeness (QED) is 0.635. The maximum Gasteiger partial charge on any atom is 0.196 e. The lowest BCUT2D eigenvalue weighted by Crippen LogP contribution is -1.98. The maximum atomic E-state index is 13.6. The first-order chi connectivity index (χ1) is 9.54.